The number of benzene rings is 1. The van der Waals surface area contributed by atoms with E-state index in [0.717, 1.165) is 63.4 Å². The molecule has 6 nitrogen and oxygen atoms in total. The van der Waals surface area contributed by atoms with Crippen molar-refractivity contribution in [3.63, 3.8) is 0 Å². The predicted octanol–water partition coefficient (Wildman–Crippen LogP) is 2.69. The van der Waals surface area contributed by atoms with Gasteiger partial charge < -0.3 is 15.0 Å². The van der Waals surface area contributed by atoms with Crippen LogP contribution >= 0.6 is 0 Å². The molecule has 3 rings (SSSR count). The van der Waals surface area contributed by atoms with Gasteiger partial charge in [-0.15, -0.1) is 0 Å². The molecule has 0 spiro atoms. The number of aryl methyl sites for hydroxylation is 1. The minimum Gasteiger partial charge on any atom is -0.379 e. The first kappa shape index (κ1) is 17.6. The Kier molecular flexibility index (Phi) is 6.19. The molecule has 0 saturated carbocycles. The molecule has 1 aromatic heterocycles. The van der Waals surface area contributed by atoms with Crippen molar-refractivity contribution in [3.05, 3.63) is 42.1 Å². The fraction of sp³-hybridized carbons (Fsp3) is 0.474. The molecular formula is C19H27N5O. The first-order valence-electron chi connectivity index (χ1n) is 8.97. The highest BCUT2D eigenvalue weighted by molar-refractivity contribution is 5.59. The van der Waals surface area contributed by atoms with Crippen LogP contribution in [0.15, 0.2) is 36.5 Å². The second-order valence-corrected chi connectivity index (χ2v) is 6.21. The van der Waals surface area contributed by atoms with Crippen molar-refractivity contribution in [1.82, 2.24) is 14.9 Å². The summed E-state index contributed by atoms with van der Waals surface area (Å²) in [6, 6.07) is 10.3. The van der Waals surface area contributed by atoms with E-state index in [2.05, 4.69) is 58.2 Å². The standard InChI is InChI=1S/C19H27N5O/c1-3-24(17-6-4-5-16(2)15-17)19-21-8-7-18(22-19)20-9-10-23-11-13-25-14-12-23/h4-8,15H,3,9-14H2,1-2H3,(H,20,21,22). The van der Waals surface area contributed by atoms with Crippen LogP contribution in [0.3, 0.4) is 0 Å². The van der Waals surface area contributed by atoms with Crippen LogP contribution in [0, 0.1) is 6.92 Å². The molecule has 25 heavy (non-hydrogen) atoms. The van der Waals surface area contributed by atoms with Gasteiger partial charge in [-0.3, -0.25) is 4.90 Å². The second-order valence-electron chi connectivity index (χ2n) is 6.21. The number of hydrogen-bond donors (Lipinski definition) is 1. The van der Waals surface area contributed by atoms with E-state index in [1.165, 1.54) is 5.56 Å². The third-order valence-electron chi connectivity index (χ3n) is 4.35. The SMILES string of the molecule is CCN(c1cccc(C)c1)c1nccc(NCCN2CCOCC2)n1. The second kappa shape index (κ2) is 8.78. The van der Waals surface area contributed by atoms with Gasteiger partial charge >= 0.3 is 0 Å². The minimum atomic E-state index is 0.726. The molecule has 1 saturated heterocycles. The Labute approximate surface area is 149 Å². The van der Waals surface area contributed by atoms with Gasteiger partial charge in [0.2, 0.25) is 5.95 Å². The summed E-state index contributed by atoms with van der Waals surface area (Å²) in [6.45, 7) is 10.6. The van der Waals surface area contributed by atoms with E-state index in [1.54, 1.807) is 0 Å². The van der Waals surface area contributed by atoms with Crippen LogP contribution in [0.1, 0.15) is 12.5 Å². The Balaban J connectivity index is 1.63. The van der Waals surface area contributed by atoms with Gasteiger partial charge in [0.05, 0.1) is 13.2 Å². The van der Waals surface area contributed by atoms with Crippen molar-refractivity contribution in [2.75, 3.05) is 56.2 Å². The Hall–Kier alpha value is -2.18. The molecule has 0 bridgehead atoms. The summed E-state index contributed by atoms with van der Waals surface area (Å²) in [5.74, 6) is 1.59. The zero-order valence-electron chi connectivity index (χ0n) is 15.1. The van der Waals surface area contributed by atoms with Crippen molar-refractivity contribution in [2.24, 2.45) is 0 Å². The number of morpholine rings is 1. The van der Waals surface area contributed by atoms with Crippen molar-refractivity contribution in [1.29, 1.82) is 0 Å². The number of nitrogens with zero attached hydrogens (tertiary/aromatic N) is 4. The highest BCUT2D eigenvalue weighted by Gasteiger charge is 2.12. The van der Waals surface area contributed by atoms with Crippen LogP contribution in [0.2, 0.25) is 0 Å². The third kappa shape index (κ3) is 4.90. The van der Waals surface area contributed by atoms with E-state index in [-0.39, 0.29) is 0 Å². The number of aromatic nitrogens is 2. The van der Waals surface area contributed by atoms with Crippen molar-refractivity contribution < 1.29 is 4.74 Å². The van der Waals surface area contributed by atoms with E-state index >= 15 is 0 Å². The van der Waals surface area contributed by atoms with Crippen LogP contribution in [0.4, 0.5) is 17.5 Å². The summed E-state index contributed by atoms with van der Waals surface area (Å²) in [5.41, 5.74) is 2.35. The Morgan fingerprint density at radius 3 is 2.84 bits per heavy atom. The van der Waals surface area contributed by atoms with Gasteiger partial charge in [-0.25, -0.2) is 4.98 Å². The summed E-state index contributed by atoms with van der Waals surface area (Å²) in [6.07, 6.45) is 1.82. The van der Waals surface area contributed by atoms with Gasteiger partial charge in [-0.2, -0.15) is 4.98 Å². The molecule has 0 unspecified atom stereocenters. The van der Waals surface area contributed by atoms with E-state index in [0.29, 0.717) is 0 Å². The van der Waals surface area contributed by atoms with Gasteiger partial charge in [-0.1, -0.05) is 12.1 Å². The Bertz CT molecular complexity index is 672. The molecule has 1 fully saturated rings. The monoisotopic (exact) mass is 341 g/mol. The molecule has 2 heterocycles. The number of anilines is 3. The molecule has 134 valence electrons. The zero-order chi connectivity index (χ0) is 17.5. The highest BCUT2D eigenvalue weighted by Crippen LogP contribution is 2.23. The normalized spacial score (nSPS) is 15.1. The lowest BCUT2D eigenvalue weighted by Gasteiger charge is -2.26. The maximum Gasteiger partial charge on any atom is 0.231 e. The third-order valence-corrected chi connectivity index (χ3v) is 4.35. The topological polar surface area (TPSA) is 53.5 Å². The van der Waals surface area contributed by atoms with Gasteiger partial charge in [0.15, 0.2) is 0 Å². The summed E-state index contributed by atoms with van der Waals surface area (Å²) in [5, 5.41) is 3.41. The van der Waals surface area contributed by atoms with E-state index in [4.69, 9.17) is 9.72 Å². The van der Waals surface area contributed by atoms with Gasteiger partial charge in [0, 0.05) is 44.6 Å². The molecule has 1 N–H and O–H groups in total. The fourth-order valence-corrected chi connectivity index (χ4v) is 2.98. The highest BCUT2D eigenvalue weighted by atomic mass is 16.5. The smallest absolute Gasteiger partial charge is 0.231 e. The summed E-state index contributed by atoms with van der Waals surface area (Å²) >= 11 is 0. The van der Waals surface area contributed by atoms with Crippen molar-refractivity contribution in [2.45, 2.75) is 13.8 Å². The molecule has 0 radical (unpaired) electrons. The first-order valence-corrected chi connectivity index (χ1v) is 8.97. The van der Waals surface area contributed by atoms with Crippen molar-refractivity contribution in [3.8, 4) is 0 Å². The van der Waals surface area contributed by atoms with E-state index in [9.17, 15) is 0 Å². The largest absolute Gasteiger partial charge is 0.379 e. The van der Waals surface area contributed by atoms with Crippen LogP contribution in [-0.4, -0.2) is 60.8 Å². The van der Waals surface area contributed by atoms with Crippen LogP contribution in [0.25, 0.3) is 0 Å². The van der Waals surface area contributed by atoms with E-state index < -0.39 is 0 Å². The molecule has 6 heteroatoms. The summed E-state index contributed by atoms with van der Waals surface area (Å²) in [7, 11) is 0. The molecule has 1 aliphatic heterocycles. The number of hydrogen-bond acceptors (Lipinski definition) is 6. The Morgan fingerprint density at radius 2 is 2.08 bits per heavy atom. The molecule has 0 atom stereocenters. The fourth-order valence-electron chi connectivity index (χ4n) is 2.98. The lowest BCUT2D eigenvalue weighted by Crippen LogP contribution is -2.39. The van der Waals surface area contributed by atoms with Crippen LogP contribution in [0.5, 0.6) is 0 Å². The molecular weight excluding hydrogens is 314 g/mol. The molecule has 0 amide bonds. The average molecular weight is 341 g/mol. The summed E-state index contributed by atoms with van der Waals surface area (Å²) in [4.78, 5) is 13.7. The lowest BCUT2D eigenvalue weighted by molar-refractivity contribution is 0.0398. The lowest BCUT2D eigenvalue weighted by atomic mass is 10.2. The van der Waals surface area contributed by atoms with E-state index in [1.807, 2.05) is 12.3 Å². The minimum absolute atomic E-state index is 0.726. The number of nitrogens with one attached hydrogen (secondary N) is 1. The Morgan fingerprint density at radius 1 is 1.24 bits per heavy atom. The maximum absolute atomic E-state index is 5.38. The zero-order valence-corrected chi connectivity index (χ0v) is 15.1. The van der Waals surface area contributed by atoms with Gasteiger partial charge in [0.25, 0.3) is 0 Å². The summed E-state index contributed by atoms with van der Waals surface area (Å²) < 4.78 is 5.38. The van der Waals surface area contributed by atoms with Crippen molar-refractivity contribution >= 4 is 17.5 Å². The number of rotatable bonds is 7. The van der Waals surface area contributed by atoms with Gasteiger partial charge in [0.1, 0.15) is 5.82 Å². The average Bonchev–Trinajstić information content (AvgIpc) is 2.64. The molecule has 1 aliphatic rings. The molecule has 0 aliphatic carbocycles. The quantitative estimate of drug-likeness (QED) is 0.836. The van der Waals surface area contributed by atoms with Gasteiger partial charge in [-0.05, 0) is 37.6 Å². The molecule has 1 aromatic carbocycles. The maximum atomic E-state index is 5.38. The van der Waals surface area contributed by atoms with Crippen LogP contribution < -0.4 is 10.2 Å². The first-order chi connectivity index (χ1) is 12.3. The van der Waals surface area contributed by atoms with Crippen LogP contribution in [-0.2, 0) is 4.74 Å². The number of ether oxygens (including phenoxy) is 1. The molecule has 2 aromatic rings. The predicted molar refractivity (Wildman–Crippen MR) is 102 cm³/mol.